The van der Waals surface area contributed by atoms with Gasteiger partial charge >= 0.3 is 0 Å². The molecule has 0 unspecified atom stereocenters. The minimum absolute atomic E-state index is 0.154. The summed E-state index contributed by atoms with van der Waals surface area (Å²) in [6, 6.07) is 3.21. The number of carbonyl (C=O) groups is 1. The molecule has 94 valence electrons. The summed E-state index contributed by atoms with van der Waals surface area (Å²) in [5, 5.41) is 11.7. The number of hydrogen-bond donors (Lipinski definition) is 2. The highest BCUT2D eigenvalue weighted by molar-refractivity contribution is 7.11. The van der Waals surface area contributed by atoms with Crippen molar-refractivity contribution in [2.45, 2.75) is 20.4 Å². The van der Waals surface area contributed by atoms with Crippen LogP contribution in [0.3, 0.4) is 0 Å². The first-order valence-electron chi connectivity index (χ1n) is 5.36. The second-order valence-corrected chi connectivity index (χ2v) is 5.16. The van der Waals surface area contributed by atoms with Gasteiger partial charge in [-0.05, 0) is 26.0 Å². The van der Waals surface area contributed by atoms with E-state index in [1.54, 1.807) is 17.4 Å². The highest BCUT2D eigenvalue weighted by Crippen LogP contribution is 2.17. The summed E-state index contributed by atoms with van der Waals surface area (Å²) in [7, 11) is 0. The summed E-state index contributed by atoms with van der Waals surface area (Å²) in [6.45, 7) is 4.59. The van der Waals surface area contributed by atoms with Crippen molar-refractivity contribution < 1.29 is 4.79 Å². The van der Waals surface area contributed by atoms with Gasteiger partial charge in [0, 0.05) is 4.88 Å². The normalized spacial score (nSPS) is 10.3. The Kier molecular flexibility index (Phi) is 3.52. The Hall–Kier alpha value is -2.02. The fourth-order valence-corrected chi connectivity index (χ4v) is 2.30. The zero-order valence-corrected chi connectivity index (χ0v) is 10.9. The van der Waals surface area contributed by atoms with Crippen molar-refractivity contribution in [1.82, 2.24) is 15.2 Å². The van der Waals surface area contributed by atoms with Gasteiger partial charge in [0.25, 0.3) is 5.91 Å². The van der Waals surface area contributed by atoms with E-state index < -0.39 is 5.91 Å². The van der Waals surface area contributed by atoms with Gasteiger partial charge in [-0.2, -0.15) is 0 Å². The van der Waals surface area contributed by atoms with E-state index in [4.69, 9.17) is 5.73 Å². The van der Waals surface area contributed by atoms with Gasteiger partial charge < -0.3 is 11.1 Å². The molecule has 0 aromatic carbocycles. The number of thiazole rings is 1. The highest BCUT2D eigenvalue weighted by Gasteiger charge is 2.06. The average Bonchev–Trinajstić information content (AvgIpc) is 2.66. The molecule has 0 aliphatic rings. The van der Waals surface area contributed by atoms with E-state index in [-0.39, 0.29) is 5.69 Å². The molecular formula is C11H13N5OS. The molecule has 1 amide bonds. The zero-order valence-electron chi connectivity index (χ0n) is 10.1. The Morgan fingerprint density at radius 3 is 2.67 bits per heavy atom. The van der Waals surface area contributed by atoms with Gasteiger partial charge in [-0.3, -0.25) is 4.79 Å². The summed E-state index contributed by atoms with van der Waals surface area (Å²) in [4.78, 5) is 16.4. The third-order valence-electron chi connectivity index (χ3n) is 2.35. The maximum absolute atomic E-state index is 10.8. The Morgan fingerprint density at radius 1 is 1.39 bits per heavy atom. The van der Waals surface area contributed by atoms with Gasteiger partial charge in [0.15, 0.2) is 5.69 Å². The van der Waals surface area contributed by atoms with Crippen LogP contribution in [0.5, 0.6) is 0 Å². The van der Waals surface area contributed by atoms with Crippen molar-refractivity contribution in [3.8, 4) is 0 Å². The number of nitrogens with two attached hydrogens (primary N) is 1. The minimum Gasteiger partial charge on any atom is -0.364 e. The Balaban J connectivity index is 2.02. The van der Waals surface area contributed by atoms with Crippen molar-refractivity contribution in [2.24, 2.45) is 5.73 Å². The molecule has 0 saturated carbocycles. The van der Waals surface area contributed by atoms with Gasteiger partial charge in [0.1, 0.15) is 5.82 Å². The molecule has 0 aliphatic carbocycles. The first-order valence-corrected chi connectivity index (χ1v) is 6.18. The Morgan fingerprint density at radius 2 is 2.17 bits per heavy atom. The van der Waals surface area contributed by atoms with E-state index in [1.165, 1.54) is 10.9 Å². The van der Waals surface area contributed by atoms with E-state index in [0.717, 1.165) is 10.7 Å². The number of primary amides is 1. The molecule has 2 aromatic heterocycles. The summed E-state index contributed by atoms with van der Waals surface area (Å²) in [5.74, 6) is 0.00470. The van der Waals surface area contributed by atoms with E-state index in [1.807, 2.05) is 13.8 Å². The number of aryl methyl sites for hydroxylation is 2. The summed E-state index contributed by atoms with van der Waals surface area (Å²) in [5.41, 5.74) is 6.23. The number of nitrogens with zero attached hydrogens (tertiary/aromatic N) is 3. The van der Waals surface area contributed by atoms with Crippen LogP contribution in [-0.4, -0.2) is 21.1 Å². The molecule has 0 saturated heterocycles. The third kappa shape index (κ3) is 2.80. The van der Waals surface area contributed by atoms with E-state index in [0.29, 0.717) is 12.4 Å². The maximum atomic E-state index is 10.8. The first-order chi connectivity index (χ1) is 8.56. The van der Waals surface area contributed by atoms with Crippen molar-refractivity contribution in [3.05, 3.63) is 33.4 Å². The molecule has 0 aliphatic heterocycles. The molecule has 0 radical (unpaired) electrons. The lowest BCUT2D eigenvalue weighted by Gasteiger charge is -2.03. The van der Waals surface area contributed by atoms with Crippen LogP contribution >= 0.6 is 11.3 Å². The predicted molar refractivity (Wildman–Crippen MR) is 69.5 cm³/mol. The van der Waals surface area contributed by atoms with Gasteiger partial charge in [0.05, 0.1) is 17.2 Å². The first kappa shape index (κ1) is 12.4. The van der Waals surface area contributed by atoms with E-state index in [2.05, 4.69) is 20.5 Å². The molecule has 0 bridgehead atoms. The highest BCUT2D eigenvalue weighted by atomic mass is 32.1. The number of rotatable bonds is 4. The zero-order chi connectivity index (χ0) is 13.1. The molecule has 0 fully saturated rings. The van der Waals surface area contributed by atoms with Crippen LogP contribution in [0, 0.1) is 13.8 Å². The smallest absolute Gasteiger partial charge is 0.269 e. The van der Waals surface area contributed by atoms with Gasteiger partial charge in [-0.25, -0.2) is 4.98 Å². The molecule has 3 N–H and O–H groups in total. The van der Waals surface area contributed by atoms with Crippen LogP contribution in [0.25, 0.3) is 0 Å². The molecular weight excluding hydrogens is 250 g/mol. The lowest BCUT2D eigenvalue weighted by molar-refractivity contribution is 0.0994. The monoisotopic (exact) mass is 263 g/mol. The molecule has 6 nitrogen and oxygen atoms in total. The van der Waals surface area contributed by atoms with Crippen molar-refractivity contribution in [3.63, 3.8) is 0 Å². The lowest BCUT2D eigenvalue weighted by atomic mass is 10.3. The summed E-state index contributed by atoms with van der Waals surface area (Å²) in [6.07, 6.45) is 0. The number of nitrogens with one attached hydrogen (secondary N) is 1. The van der Waals surface area contributed by atoms with E-state index in [9.17, 15) is 4.79 Å². The van der Waals surface area contributed by atoms with Gasteiger partial charge in [-0.15, -0.1) is 21.5 Å². The lowest BCUT2D eigenvalue weighted by Crippen LogP contribution is -2.14. The molecule has 2 rings (SSSR count). The molecule has 0 atom stereocenters. The number of aromatic nitrogens is 3. The van der Waals surface area contributed by atoms with Crippen LogP contribution in [0.4, 0.5) is 5.82 Å². The van der Waals surface area contributed by atoms with Gasteiger partial charge in [-0.1, -0.05) is 0 Å². The van der Waals surface area contributed by atoms with Crippen LogP contribution in [0.15, 0.2) is 12.1 Å². The molecule has 2 aromatic rings. The van der Waals surface area contributed by atoms with Crippen LogP contribution < -0.4 is 11.1 Å². The largest absolute Gasteiger partial charge is 0.364 e. The summed E-state index contributed by atoms with van der Waals surface area (Å²) >= 11 is 1.66. The second-order valence-electron chi connectivity index (χ2n) is 3.76. The predicted octanol–water partition coefficient (Wildman–Crippen LogP) is 1.26. The van der Waals surface area contributed by atoms with Crippen LogP contribution in [0.2, 0.25) is 0 Å². The van der Waals surface area contributed by atoms with E-state index >= 15 is 0 Å². The standard InChI is InChI=1S/C11H13N5OS/c1-6-9(14-7(2)18-6)5-13-10-4-3-8(11(12)17)15-16-10/h3-4H,5H2,1-2H3,(H2,12,17)(H,13,16). The molecule has 7 heteroatoms. The van der Waals surface area contributed by atoms with Gasteiger partial charge in [0.2, 0.25) is 0 Å². The second kappa shape index (κ2) is 5.09. The Labute approximate surface area is 108 Å². The molecule has 18 heavy (non-hydrogen) atoms. The molecule has 0 spiro atoms. The quantitative estimate of drug-likeness (QED) is 0.866. The van der Waals surface area contributed by atoms with Crippen molar-refractivity contribution in [2.75, 3.05) is 5.32 Å². The van der Waals surface area contributed by atoms with Crippen LogP contribution in [-0.2, 0) is 6.54 Å². The van der Waals surface area contributed by atoms with Crippen molar-refractivity contribution in [1.29, 1.82) is 0 Å². The van der Waals surface area contributed by atoms with Crippen LogP contribution in [0.1, 0.15) is 26.1 Å². The number of carbonyl (C=O) groups excluding carboxylic acids is 1. The van der Waals surface area contributed by atoms with Crippen molar-refractivity contribution >= 4 is 23.1 Å². The Bertz CT molecular complexity index is 563. The third-order valence-corrected chi connectivity index (χ3v) is 3.28. The molecule has 2 heterocycles. The number of amides is 1. The topological polar surface area (TPSA) is 93.8 Å². The summed E-state index contributed by atoms with van der Waals surface area (Å²) < 4.78 is 0. The fraction of sp³-hybridized carbons (Fsp3) is 0.273. The number of hydrogen-bond acceptors (Lipinski definition) is 6. The SMILES string of the molecule is Cc1nc(CNc2ccc(C(N)=O)nn2)c(C)s1. The number of anilines is 1. The minimum atomic E-state index is -0.583. The maximum Gasteiger partial charge on any atom is 0.269 e. The fourth-order valence-electron chi connectivity index (χ4n) is 1.47. The average molecular weight is 263 g/mol.